The number of benzene rings is 1. The van der Waals surface area contributed by atoms with Gasteiger partial charge in [0.1, 0.15) is 5.82 Å². The molecule has 1 aromatic heterocycles. The molecule has 21 heavy (non-hydrogen) atoms. The smallest absolute Gasteiger partial charge is 0.261 e. The maximum Gasteiger partial charge on any atom is 0.261 e. The number of hydrogen-bond donors (Lipinski definition) is 1. The molecule has 5 heteroatoms. The molecule has 2 heterocycles. The molecule has 3 rings (SSSR count). The molecular formula is C16H21N3O2. The maximum absolute atomic E-state index is 12.4. The van der Waals surface area contributed by atoms with Crippen LogP contribution in [0, 0.1) is 5.92 Å². The minimum atomic E-state index is -0.295. The van der Waals surface area contributed by atoms with Crippen LogP contribution in [-0.4, -0.2) is 38.8 Å². The van der Waals surface area contributed by atoms with Crippen molar-refractivity contribution in [1.29, 1.82) is 0 Å². The first-order chi connectivity index (χ1) is 10.1. The predicted octanol–water partition coefficient (Wildman–Crippen LogP) is 1.14. The van der Waals surface area contributed by atoms with E-state index in [1.807, 2.05) is 18.2 Å². The Morgan fingerprint density at radius 1 is 1.38 bits per heavy atom. The average Bonchev–Trinajstić information content (AvgIpc) is 2.48. The number of rotatable bonds is 2. The van der Waals surface area contributed by atoms with Crippen LogP contribution in [0.2, 0.25) is 0 Å². The Morgan fingerprint density at radius 3 is 2.90 bits per heavy atom. The molecule has 0 spiro atoms. The summed E-state index contributed by atoms with van der Waals surface area (Å²) in [6.07, 6.45) is 0.680. The lowest BCUT2D eigenvalue weighted by molar-refractivity contribution is 0.0245. The average molecular weight is 287 g/mol. The molecule has 2 atom stereocenters. The molecule has 0 saturated carbocycles. The molecule has 1 fully saturated rings. The normalized spacial score (nSPS) is 23.6. The molecule has 0 radical (unpaired) electrons. The van der Waals surface area contributed by atoms with Crippen molar-refractivity contribution in [2.45, 2.75) is 26.0 Å². The first kappa shape index (κ1) is 14.2. The van der Waals surface area contributed by atoms with Crippen LogP contribution < -0.4 is 5.56 Å². The fraction of sp³-hybridized carbons (Fsp3) is 0.500. The second-order valence-corrected chi connectivity index (χ2v) is 5.98. The topological polar surface area (TPSA) is 58.4 Å². The van der Waals surface area contributed by atoms with Gasteiger partial charge in [-0.25, -0.2) is 4.98 Å². The third kappa shape index (κ3) is 2.71. The number of aromatic nitrogens is 2. The summed E-state index contributed by atoms with van der Waals surface area (Å²) in [5, 5.41) is 10.6. The molecule has 112 valence electrons. The van der Waals surface area contributed by atoms with Gasteiger partial charge in [0.05, 0.1) is 23.6 Å². The molecule has 0 bridgehead atoms. The molecule has 5 nitrogen and oxygen atoms in total. The summed E-state index contributed by atoms with van der Waals surface area (Å²) in [5.74, 6) is 1.09. The van der Waals surface area contributed by atoms with Crippen LogP contribution in [0.4, 0.5) is 0 Å². The summed E-state index contributed by atoms with van der Waals surface area (Å²) in [4.78, 5) is 19.1. The highest BCUT2D eigenvalue weighted by molar-refractivity contribution is 5.77. The lowest BCUT2D eigenvalue weighted by Crippen LogP contribution is -2.43. The minimum absolute atomic E-state index is 0.0125. The van der Waals surface area contributed by atoms with Gasteiger partial charge < -0.3 is 5.11 Å². The van der Waals surface area contributed by atoms with E-state index in [2.05, 4.69) is 16.8 Å². The Hall–Kier alpha value is -1.72. The number of β-amino-alcohol motifs (C(OH)–C–C–N with tert-alkyl or cyclic N) is 1. The van der Waals surface area contributed by atoms with E-state index in [0.29, 0.717) is 24.4 Å². The van der Waals surface area contributed by atoms with E-state index in [-0.39, 0.29) is 11.7 Å². The summed E-state index contributed by atoms with van der Waals surface area (Å²) >= 11 is 0. The van der Waals surface area contributed by atoms with Crippen molar-refractivity contribution >= 4 is 10.9 Å². The largest absolute Gasteiger partial charge is 0.392 e. The van der Waals surface area contributed by atoms with Gasteiger partial charge in [-0.1, -0.05) is 19.1 Å². The summed E-state index contributed by atoms with van der Waals surface area (Å²) in [6, 6.07) is 7.42. The third-order valence-corrected chi connectivity index (χ3v) is 4.44. The lowest BCUT2D eigenvalue weighted by atomic mass is 9.96. The zero-order valence-electron chi connectivity index (χ0n) is 12.5. The second-order valence-electron chi connectivity index (χ2n) is 5.98. The van der Waals surface area contributed by atoms with Crippen LogP contribution in [0.3, 0.4) is 0 Å². The number of para-hydroxylation sites is 1. The van der Waals surface area contributed by atoms with E-state index in [0.717, 1.165) is 24.3 Å². The fourth-order valence-corrected chi connectivity index (χ4v) is 2.86. The molecule has 0 unspecified atom stereocenters. The second kappa shape index (κ2) is 5.58. The molecule has 0 amide bonds. The van der Waals surface area contributed by atoms with Gasteiger partial charge in [-0.2, -0.15) is 0 Å². The molecule has 1 aliphatic rings. The zero-order chi connectivity index (χ0) is 15.0. The van der Waals surface area contributed by atoms with Gasteiger partial charge in [-0.05, 0) is 31.0 Å². The molecular weight excluding hydrogens is 266 g/mol. The van der Waals surface area contributed by atoms with Gasteiger partial charge in [0.25, 0.3) is 5.56 Å². The van der Waals surface area contributed by atoms with Crippen LogP contribution in [-0.2, 0) is 13.6 Å². The minimum Gasteiger partial charge on any atom is -0.392 e. The van der Waals surface area contributed by atoms with Gasteiger partial charge in [0.2, 0.25) is 0 Å². The highest BCUT2D eigenvalue weighted by Gasteiger charge is 2.25. The van der Waals surface area contributed by atoms with Crippen LogP contribution in [0.5, 0.6) is 0 Å². The van der Waals surface area contributed by atoms with Crippen LogP contribution in [0.15, 0.2) is 29.1 Å². The number of aliphatic hydroxyl groups excluding tert-OH is 1. The molecule has 1 aliphatic heterocycles. The first-order valence-corrected chi connectivity index (χ1v) is 7.41. The van der Waals surface area contributed by atoms with Crippen molar-refractivity contribution in [3.8, 4) is 0 Å². The highest BCUT2D eigenvalue weighted by atomic mass is 16.3. The van der Waals surface area contributed by atoms with Gasteiger partial charge in [-0.15, -0.1) is 0 Å². The van der Waals surface area contributed by atoms with Crippen LogP contribution in [0.1, 0.15) is 19.2 Å². The standard InChI is InChI=1S/C16H21N3O2/c1-11-7-8-19(9-14(11)20)10-15-17-13-6-4-3-5-12(13)16(21)18(15)2/h3-6,11,14,20H,7-10H2,1-2H3/t11-,14-/m1/s1. The SMILES string of the molecule is C[C@@H]1CCN(Cc2nc3ccccc3c(=O)n2C)C[C@H]1O. The number of nitrogens with zero attached hydrogens (tertiary/aromatic N) is 3. The predicted molar refractivity (Wildman–Crippen MR) is 82.0 cm³/mol. The van der Waals surface area contributed by atoms with Crippen molar-refractivity contribution in [3.05, 3.63) is 40.4 Å². The number of piperidine rings is 1. The number of aliphatic hydroxyl groups is 1. The quantitative estimate of drug-likeness (QED) is 0.900. The van der Waals surface area contributed by atoms with Crippen molar-refractivity contribution in [1.82, 2.24) is 14.5 Å². The third-order valence-electron chi connectivity index (χ3n) is 4.44. The molecule has 0 aliphatic carbocycles. The van der Waals surface area contributed by atoms with E-state index < -0.39 is 0 Å². The molecule has 1 aromatic carbocycles. The lowest BCUT2D eigenvalue weighted by Gasteiger charge is -2.34. The highest BCUT2D eigenvalue weighted by Crippen LogP contribution is 2.18. The summed E-state index contributed by atoms with van der Waals surface area (Å²) in [7, 11) is 1.76. The summed E-state index contributed by atoms with van der Waals surface area (Å²) in [6.45, 7) is 4.25. The van der Waals surface area contributed by atoms with Crippen molar-refractivity contribution in [2.75, 3.05) is 13.1 Å². The van der Waals surface area contributed by atoms with Gasteiger partial charge in [0, 0.05) is 13.6 Å². The molecule has 1 saturated heterocycles. The zero-order valence-corrected chi connectivity index (χ0v) is 12.5. The Bertz CT molecular complexity index is 710. The number of fused-ring (bicyclic) bond motifs is 1. The molecule has 2 aromatic rings. The Balaban J connectivity index is 1.91. The Morgan fingerprint density at radius 2 is 2.14 bits per heavy atom. The number of likely N-dealkylation sites (tertiary alicyclic amines) is 1. The van der Waals surface area contributed by atoms with E-state index in [4.69, 9.17) is 0 Å². The first-order valence-electron chi connectivity index (χ1n) is 7.41. The monoisotopic (exact) mass is 287 g/mol. The Kier molecular flexibility index (Phi) is 3.78. The van der Waals surface area contributed by atoms with Crippen molar-refractivity contribution < 1.29 is 5.11 Å². The maximum atomic E-state index is 12.4. The Labute approximate surface area is 123 Å². The number of hydrogen-bond acceptors (Lipinski definition) is 4. The van der Waals surface area contributed by atoms with E-state index in [9.17, 15) is 9.90 Å². The van der Waals surface area contributed by atoms with Gasteiger partial charge >= 0.3 is 0 Å². The van der Waals surface area contributed by atoms with E-state index in [1.165, 1.54) is 0 Å². The van der Waals surface area contributed by atoms with Crippen molar-refractivity contribution in [2.24, 2.45) is 13.0 Å². The van der Waals surface area contributed by atoms with E-state index >= 15 is 0 Å². The van der Waals surface area contributed by atoms with Gasteiger partial charge in [0.15, 0.2) is 0 Å². The van der Waals surface area contributed by atoms with Crippen LogP contribution >= 0.6 is 0 Å². The van der Waals surface area contributed by atoms with Gasteiger partial charge in [-0.3, -0.25) is 14.3 Å². The van der Waals surface area contributed by atoms with E-state index in [1.54, 1.807) is 17.7 Å². The summed E-state index contributed by atoms with van der Waals surface area (Å²) < 4.78 is 1.62. The van der Waals surface area contributed by atoms with Crippen LogP contribution in [0.25, 0.3) is 10.9 Å². The van der Waals surface area contributed by atoms with Crippen molar-refractivity contribution in [3.63, 3.8) is 0 Å². The summed E-state index contributed by atoms with van der Waals surface area (Å²) in [5.41, 5.74) is 0.725. The molecule has 1 N–H and O–H groups in total. The fourth-order valence-electron chi connectivity index (χ4n) is 2.86.